The number of hydrogen-bond acceptors (Lipinski definition) is 6. The standard InChI is InChI=1S/C22H25NO7S/c1-11-13(3)29-18-10-19-16(9-15(11)18)12(2)14(22(27)30-19)5-6-20(24)23-17(21(25)26)7-8-31(4)28/h9-10,17H,5-8H2,1-4H3,(H,23,24)(H,25,26)/t17-,31+/m0/s1. The Morgan fingerprint density at radius 1 is 1.10 bits per heavy atom. The molecule has 0 radical (unpaired) electrons. The summed E-state index contributed by atoms with van der Waals surface area (Å²) in [6, 6.07) is 2.50. The Balaban J connectivity index is 1.82. The fourth-order valence-corrected chi connectivity index (χ4v) is 4.13. The monoisotopic (exact) mass is 447 g/mol. The zero-order chi connectivity index (χ0) is 22.9. The molecule has 2 heterocycles. The Morgan fingerprint density at radius 3 is 2.39 bits per heavy atom. The summed E-state index contributed by atoms with van der Waals surface area (Å²) in [5, 5.41) is 13.4. The van der Waals surface area contributed by atoms with Gasteiger partial charge in [-0.2, -0.15) is 0 Å². The van der Waals surface area contributed by atoms with Crippen molar-refractivity contribution in [2.75, 3.05) is 12.0 Å². The van der Waals surface area contributed by atoms with Crippen molar-refractivity contribution < 1.29 is 27.7 Å². The molecule has 0 spiro atoms. The van der Waals surface area contributed by atoms with Crippen molar-refractivity contribution >= 4 is 44.6 Å². The van der Waals surface area contributed by atoms with E-state index in [9.17, 15) is 23.7 Å². The second-order valence-corrected chi connectivity index (χ2v) is 9.20. The van der Waals surface area contributed by atoms with Crippen LogP contribution in [0.4, 0.5) is 0 Å². The summed E-state index contributed by atoms with van der Waals surface area (Å²) in [5.74, 6) is -0.714. The highest BCUT2D eigenvalue weighted by molar-refractivity contribution is 7.84. The molecule has 0 saturated carbocycles. The van der Waals surface area contributed by atoms with E-state index < -0.39 is 34.3 Å². The molecule has 0 fully saturated rings. The van der Waals surface area contributed by atoms with Crippen LogP contribution in [-0.2, 0) is 26.8 Å². The van der Waals surface area contributed by atoms with Crippen LogP contribution in [0.5, 0.6) is 0 Å². The first-order valence-electron chi connectivity index (χ1n) is 9.86. The summed E-state index contributed by atoms with van der Waals surface area (Å²) in [7, 11) is -1.16. The Bertz CT molecular complexity index is 1250. The van der Waals surface area contributed by atoms with Gasteiger partial charge >= 0.3 is 11.6 Å². The molecular weight excluding hydrogens is 422 g/mol. The smallest absolute Gasteiger partial charge is 0.339 e. The number of benzene rings is 1. The van der Waals surface area contributed by atoms with Crippen molar-refractivity contribution in [3.63, 3.8) is 0 Å². The molecule has 1 aromatic carbocycles. The maximum absolute atomic E-state index is 12.5. The molecule has 8 nitrogen and oxygen atoms in total. The fourth-order valence-electron chi connectivity index (χ4n) is 3.56. The molecular formula is C22H25NO7S. The Labute approximate surface area is 181 Å². The first kappa shape index (κ1) is 22.7. The third-order valence-electron chi connectivity index (χ3n) is 5.51. The predicted octanol–water partition coefficient (Wildman–Crippen LogP) is 2.74. The summed E-state index contributed by atoms with van der Waals surface area (Å²) >= 11 is 0. The highest BCUT2D eigenvalue weighted by Gasteiger charge is 2.21. The Kier molecular flexibility index (Phi) is 6.64. The van der Waals surface area contributed by atoms with Gasteiger partial charge < -0.3 is 19.3 Å². The number of hydrogen-bond donors (Lipinski definition) is 2. The van der Waals surface area contributed by atoms with Crippen LogP contribution in [0.3, 0.4) is 0 Å². The number of furan rings is 1. The van der Waals surface area contributed by atoms with Gasteiger partial charge in [-0.15, -0.1) is 0 Å². The second-order valence-electron chi connectivity index (χ2n) is 7.65. The highest BCUT2D eigenvalue weighted by atomic mass is 32.2. The van der Waals surface area contributed by atoms with E-state index in [-0.39, 0.29) is 25.0 Å². The minimum Gasteiger partial charge on any atom is -0.480 e. The number of carbonyl (C=O) groups excluding carboxylic acids is 1. The lowest BCUT2D eigenvalue weighted by Gasteiger charge is -2.14. The van der Waals surface area contributed by atoms with Gasteiger partial charge in [0.25, 0.3) is 0 Å². The van der Waals surface area contributed by atoms with E-state index in [4.69, 9.17) is 8.83 Å². The number of carboxylic acids is 1. The lowest BCUT2D eigenvalue weighted by molar-refractivity contribution is -0.141. The number of nitrogens with one attached hydrogen (secondary N) is 1. The quantitative estimate of drug-likeness (QED) is 0.508. The summed E-state index contributed by atoms with van der Waals surface area (Å²) in [6.45, 7) is 5.63. The number of rotatable bonds is 8. The van der Waals surface area contributed by atoms with Crippen molar-refractivity contribution in [2.45, 2.75) is 46.1 Å². The first-order chi connectivity index (χ1) is 14.6. The molecule has 3 aromatic rings. The van der Waals surface area contributed by atoms with Gasteiger partial charge in [0.15, 0.2) is 0 Å². The maximum Gasteiger partial charge on any atom is 0.339 e. The average molecular weight is 448 g/mol. The summed E-state index contributed by atoms with van der Waals surface area (Å²) < 4.78 is 22.4. The van der Waals surface area contributed by atoms with Gasteiger partial charge in [-0.25, -0.2) is 9.59 Å². The number of carboxylic acid groups (broad SMARTS) is 1. The van der Waals surface area contributed by atoms with Crippen LogP contribution >= 0.6 is 0 Å². The minimum atomic E-state index is -1.19. The summed E-state index contributed by atoms with van der Waals surface area (Å²) in [6.07, 6.45) is 1.59. The molecule has 2 aromatic heterocycles. The van der Waals surface area contributed by atoms with E-state index in [1.165, 1.54) is 6.26 Å². The Morgan fingerprint density at radius 2 is 1.74 bits per heavy atom. The molecule has 0 unspecified atom stereocenters. The molecule has 31 heavy (non-hydrogen) atoms. The Hall–Kier alpha value is -2.94. The largest absolute Gasteiger partial charge is 0.480 e. The van der Waals surface area contributed by atoms with Crippen LogP contribution in [0, 0.1) is 20.8 Å². The number of aryl methyl sites for hydroxylation is 3. The van der Waals surface area contributed by atoms with E-state index in [1.807, 2.05) is 19.9 Å². The van der Waals surface area contributed by atoms with Gasteiger partial charge in [0, 0.05) is 51.6 Å². The molecule has 0 aliphatic heterocycles. The highest BCUT2D eigenvalue weighted by Crippen LogP contribution is 2.31. The molecule has 9 heteroatoms. The summed E-state index contributed by atoms with van der Waals surface area (Å²) in [5.41, 5.74) is 2.63. The van der Waals surface area contributed by atoms with E-state index in [0.717, 1.165) is 27.7 Å². The van der Waals surface area contributed by atoms with Crippen molar-refractivity contribution in [1.29, 1.82) is 0 Å². The molecule has 0 saturated heterocycles. The van der Waals surface area contributed by atoms with E-state index in [1.54, 1.807) is 13.0 Å². The van der Waals surface area contributed by atoms with E-state index in [0.29, 0.717) is 16.7 Å². The summed E-state index contributed by atoms with van der Waals surface area (Å²) in [4.78, 5) is 36.1. The van der Waals surface area contributed by atoms with Crippen LogP contribution < -0.4 is 10.9 Å². The van der Waals surface area contributed by atoms with Crippen LogP contribution in [-0.4, -0.2) is 39.2 Å². The van der Waals surface area contributed by atoms with Gasteiger partial charge in [0.2, 0.25) is 5.91 Å². The molecule has 2 N–H and O–H groups in total. The van der Waals surface area contributed by atoms with E-state index >= 15 is 0 Å². The average Bonchev–Trinajstić information content (AvgIpc) is 2.96. The molecule has 3 rings (SSSR count). The van der Waals surface area contributed by atoms with Crippen molar-refractivity contribution in [2.24, 2.45) is 0 Å². The zero-order valence-corrected chi connectivity index (χ0v) is 18.7. The van der Waals surface area contributed by atoms with Crippen LogP contribution in [0.1, 0.15) is 35.3 Å². The van der Waals surface area contributed by atoms with Gasteiger partial charge in [0.1, 0.15) is 23.0 Å². The molecule has 0 bridgehead atoms. The topological polar surface area (TPSA) is 127 Å². The molecule has 2 atom stereocenters. The SMILES string of the molecule is Cc1oc2cc3oc(=O)c(CCC(=O)N[C@@H](CC[S@@](C)=O)C(=O)O)c(C)c3cc2c1C. The number of fused-ring (bicyclic) bond motifs is 2. The lowest BCUT2D eigenvalue weighted by atomic mass is 10.00. The van der Waals surface area contributed by atoms with E-state index in [2.05, 4.69) is 5.32 Å². The van der Waals surface area contributed by atoms with Gasteiger partial charge in [-0.05, 0) is 50.8 Å². The molecule has 1 amide bonds. The molecule has 0 aliphatic carbocycles. The minimum absolute atomic E-state index is 0.0673. The number of aliphatic carboxylic acids is 1. The maximum atomic E-state index is 12.5. The third-order valence-corrected chi connectivity index (χ3v) is 6.32. The third kappa shape index (κ3) is 4.87. The first-order valence-corrected chi connectivity index (χ1v) is 11.6. The van der Waals surface area contributed by atoms with Crippen LogP contribution in [0.15, 0.2) is 25.8 Å². The number of amides is 1. The zero-order valence-electron chi connectivity index (χ0n) is 17.9. The van der Waals surface area contributed by atoms with Gasteiger partial charge in [-0.3, -0.25) is 9.00 Å². The lowest BCUT2D eigenvalue weighted by Crippen LogP contribution is -2.41. The molecule has 166 valence electrons. The van der Waals surface area contributed by atoms with Crippen LogP contribution in [0.25, 0.3) is 21.9 Å². The molecule has 0 aliphatic rings. The predicted molar refractivity (Wildman–Crippen MR) is 118 cm³/mol. The van der Waals surface area contributed by atoms with Crippen molar-refractivity contribution in [3.8, 4) is 0 Å². The second kappa shape index (κ2) is 9.05. The fraction of sp³-hybridized carbons (Fsp3) is 0.409. The van der Waals surface area contributed by atoms with Gasteiger partial charge in [0.05, 0.1) is 0 Å². The van der Waals surface area contributed by atoms with Crippen molar-refractivity contribution in [1.82, 2.24) is 5.32 Å². The normalized spacial score (nSPS) is 13.4. The number of carbonyl (C=O) groups is 2. The van der Waals surface area contributed by atoms with Gasteiger partial charge in [-0.1, -0.05) is 0 Å². The van der Waals surface area contributed by atoms with Crippen LogP contribution in [0.2, 0.25) is 0 Å². The van der Waals surface area contributed by atoms with Crippen molar-refractivity contribution in [3.05, 3.63) is 45.0 Å².